The van der Waals surface area contributed by atoms with E-state index in [1.54, 1.807) is 0 Å². The Kier molecular flexibility index (Phi) is 4.58. The van der Waals surface area contributed by atoms with Gasteiger partial charge in [-0.3, -0.25) is 4.79 Å². The normalized spacial score (nSPS) is 26.2. The highest BCUT2D eigenvalue weighted by Gasteiger charge is 2.28. The van der Waals surface area contributed by atoms with Gasteiger partial charge in [0.1, 0.15) is 5.82 Å². The number of imidazole rings is 1. The Morgan fingerprint density at radius 1 is 1.43 bits per heavy atom. The molecular weight excluding hydrogens is 266 g/mol. The van der Waals surface area contributed by atoms with Crippen LogP contribution in [-0.4, -0.2) is 46.2 Å². The highest BCUT2D eigenvalue weighted by atomic mass is 16.5. The topological polar surface area (TPSA) is 47.4 Å². The van der Waals surface area contributed by atoms with Crippen LogP contribution in [0.15, 0.2) is 12.4 Å². The van der Waals surface area contributed by atoms with E-state index >= 15 is 0 Å². The summed E-state index contributed by atoms with van der Waals surface area (Å²) in [5.74, 6) is 1.37. The van der Waals surface area contributed by atoms with E-state index in [0.29, 0.717) is 12.5 Å². The number of aromatic nitrogens is 2. The Balaban J connectivity index is 1.61. The summed E-state index contributed by atoms with van der Waals surface area (Å²) in [4.78, 5) is 18.9. The van der Waals surface area contributed by atoms with E-state index in [1.165, 1.54) is 0 Å². The SMILES string of the molecule is CCc1nccn1C1CCCN(C(=O)CC2CCCO2)C1. The summed E-state index contributed by atoms with van der Waals surface area (Å²) in [6.07, 6.45) is 9.89. The molecule has 0 bridgehead atoms. The molecule has 0 aliphatic carbocycles. The maximum Gasteiger partial charge on any atom is 0.225 e. The molecule has 1 aromatic heterocycles. The first-order chi connectivity index (χ1) is 10.3. The van der Waals surface area contributed by atoms with Gasteiger partial charge in [0, 0.05) is 38.5 Å². The average Bonchev–Trinajstić information content (AvgIpc) is 3.18. The Hall–Kier alpha value is -1.36. The van der Waals surface area contributed by atoms with Gasteiger partial charge in [0.2, 0.25) is 5.91 Å². The molecule has 3 heterocycles. The Bertz CT molecular complexity index is 480. The number of rotatable bonds is 4. The van der Waals surface area contributed by atoms with Gasteiger partial charge in [-0.2, -0.15) is 0 Å². The maximum atomic E-state index is 12.4. The number of ether oxygens (including phenoxy) is 1. The van der Waals surface area contributed by atoms with E-state index in [-0.39, 0.29) is 12.0 Å². The molecule has 1 aromatic rings. The molecule has 116 valence electrons. The predicted molar refractivity (Wildman–Crippen MR) is 80.0 cm³/mol. The monoisotopic (exact) mass is 291 g/mol. The molecule has 5 nitrogen and oxygen atoms in total. The fraction of sp³-hybridized carbons (Fsp3) is 0.750. The zero-order valence-corrected chi connectivity index (χ0v) is 12.8. The van der Waals surface area contributed by atoms with Crippen molar-refractivity contribution >= 4 is 5.91 Å². The van der Waals surface area contributed by atoms with Gasteiger partial charge < -0.3 is 14.2 Å². The first kappa shape index (κ1) is 14.6. The van der Waals surface area contributed by atoms with Gasteiger partial charge in [0.05, 0.1) is 18.6 Å². The zero-order chi connectivity index (χ0) is 14.7. The fourth-order valence-corrected chi connectivity index (χ4v) is 3.49. The number of amides is 1. The molecule has 0 aromatic carbocycles. The van der Waals surface area contributed by atoms with Crippen LogP contribution in [0.2, 0.25) is 0 Å². The molecule has 2 saturated heterocycles. The van der Waals surface area contributed by atoms with Crippen molar-refractivity contribution in [3.05, 3.63) is 18.2 Å². The fourth-order valence-electron chi connectivity index (χ4n) is 3.49. The second kappa shape index (κ2) is 6.60. The van der Waals surface area contributed by atoms with Crippen LogP contribution in [0, 0.1) is 0 Å². The largest absolute Gasteiger partial charge is 0.378 e. The van der Waals surface area contributed by atoms with Crippen LogP contribution in [0.5, 0.6) is 0 Å². The summed E-state index contributed by atoms with van der Waals surface area (Å²) in [7, 11) is 0. The smallest absolute Gasteiger partial charge is 0.225 e. The molecule has 3 rings (SSSR count). The lowest BCUT2D eigenvalue weighted by Crippen LogP contribution is -2.42. The van der Waals surface area contributed by atoms with Gasteiger partial charge in [-0.1, -0.05) is 6.92 Å². The van der Waals surface area contributed by atoms with Gasteiger partial charge in [0.25, 0.3) is 0 Å². The number of carbonyl (C=O) groups is 1. The summed E-state index contributed by atoms with van der Waals surface area (Å²) in [5.41, 5.74) is 0. The molecule has 0 spiro atoms. The minimum absolute atomic E-state index is 0.150. The molecule has 5 heteroatoms. The van der Waals surface area contributed by atoms with E-state index < -0.39 is 0 Å². The zero-order valence-electron chi connectivity index (χ0n) is 12.8. The third-order valence-electron chi connectivity index (χ3n) is 4.63. The van der Waals surface area contributed by atoms with Gasteiger partial charge in [0.15, 0.2) is 0 Å². The lowest BCUT2D eigenvalue weighted by atomic mass is 10.0. The number of hydrogen-bond acceptors (Lipinski definition) is 3. The van der Waals surface area contributed by atoms with Crippen LogP contribution in [-0.2, 0) is 16.0 Å². The molecule has 2 unspecified atom stereocenters. The predicted octanol–water partition coefficient (Wildman–Crippen LogP) is 2.18. The molecule has 21 heavy (non-hydrogen) atoms. The molecule has 0 saturated carbocycles. The minimum Gasteiger partial charge on any atom is -0.378 e. The summed E-state index contributed by atoms with van der Waals surface area (Å²) < 4.78 is 7.84. The second-order valence-electron chi connectivity index (χ2n) is 6.08. The van der Waals surface area contributed by atoms with Crippen molar-refractivity contribution in [2.45, 2.75) is 57.6 Å². The lowest BCUT2D eigenvalue weighted by molar-refractivity contribution is -0.135. The van der Waals surface area contributed by atoms with Gasteiger partial charge in [-0.25, -0.2) is 4.98 Å². The highest BCUT2D eigenvalue weighted by Crippen LogP contribution is 2.25. The van der Waals surface area contributed by atoms with Gasteiger partial charge in [-0.05, 0) is 25.7 Å². The summed E-state index contributed by atoms with van der Waals surface area (Å²) in [6.45, 7) is 4.64. The van der Waals surface area contributed by atoms with Crippen molar-refractivity contribution in [2.75, 3.05) is 19.7 Å². The number of piperidine rings is 1. The molecule has 0 radical (unpaired) electrons. The second-order valence-corrected chi connectivity index (χ2v) is 6.08. The molecule has 0 N–H and O–H groups in total. The van der Waals surface area contributed by atoms with E-state index in [4.69, 9.17) is 4.74 Å². The molecule has 1 amide bonds. The summed E-state index contributed by atoms with van der Waals surface area (Å²) in [6, 6.07) is 0.379. The maximum absolute atomic E-state index is 12.4. The van der Waals surface area contributed by atoms with Crippen molar-refractivity contribution in [1.82, 2.24) is 14.5 Å². The number of aryl methyl sites for hydroxylation is 1. The number of nitrogens with zero attached hydrogens (tertiary/aromatic N) is 3. The Morgan fingerprint density at radius 2 is 2.33 bits per heavy atom. The van der Waals surface area contributed by atoms with Crippen LogP contribution >= 0.6 is 0 Å². The summed E-state index contributed by atoms with van der Waals surface area (Å²) in [5, 5.41) is 0. The molecule has 2 aliphatic rings. The van der Waals surface area contributed by atoms with E-state index in [0.717, 1.165) is 57.6 Å². The van der Waals surface area contributed by atoms with Crippen LogP contribution in [0.1, 0.15) is 50.9 Å². The number of hydrogen-bond donors (Lipinski definition) is 0. The van der Waals surface area contributed by atoms with Crippen molar-refractivity contribution < 1.29 is 9.53 Å². The quantitative estimate of drug-likeness (QED) is 0.854. The van der Waals surface area contributed by atoms with Gasteiger partial charge >= 0.3 is 0 Å². The Morgan fingerprint density at radius 3 is 3.10 bits per heavy atom. The summed E-state index contributed by atoms with van der Waals surface area (Å²) >= 11 is 0. The minimum atomic E-state index is 0.150. The third-order valence-corrected chi connectivity index (χ3v) is 4.63. The van der Waals surface area contributed by atoms with E-state index in [9.17, 15) is 4.79 Å². The van der Waals surface area contributed by atoms with E-state index in [2.05, 4.69) is 22.7 Å². The van der Waals surface area contributed by atoms with Crippen molar-refractivity contribution in [3.63, 3.8) is 0 Å². The highest BCUT2D eigenvalue weighted by molar-refractivity contribution is 5.76. The standard InChI is InChI=1S/C16H25N3O2/c1-2-15-17-7-9-19(15)13-5-3-8-18(12-13)16(20)11-14-6-4-10-21-14/h7,9,13-14H,2-6,8,10-12H2,1H3. The van der Waals surface area contributed by atoms with Crippen molar-refractivity contribution in [2.24, 2.45) is 0 Å². The van der Waals surface area contributed by atoms with Crippen molar-refractivity contribution in [1.29, 1.82) is 0 Å². The first-order valence-corrected chi connectivity index (χ1v) is 8.19. The van der Waals surface area contributed by atoms with Crippen LogP contribution < -0.4 is 0 Å². The van der Waals surface area contributed by atoms with Crippen LogP contribution in [0.4, 0.5) is 0 Å². The molecule has 2 fully saturated rings. The number of likely N-dealkylation sites (tertiary alicyclic amines) is 1. The first-order valence-electron chi connectivity index (χ1n) is 8.19. The lowest BCUT2D eigenvalue weighted by Gasteiger charge is -2.34. The molecule has 2 atom stereocenters. The van der Waals surface area contributed by atoms with Gasteiger partial charge in [-0.15, -0.1) is 0 Å². The van der Waals surface area contributed by atoms with Crippen molar-refractivity contribution in [3.8, 4) is 0 Å². The number of carbonyl (C=O) groups excluding carboxylic acids is 1. The van der Waals surface area contributed by atoms with E-state index in [1.807, 2.05) is 11.1 Å². The van der Waals surface area contributed by atoms with Crippen LogP contribution in [0.3, 0.4) is 0 Å². The molecular formula is C16H25N3O2. The Labute approximate surface area is 126 Å². The third kappa shape index (κ3) is 3.28. The molecule has 2 aliphatic heterocycles. The van der Waals surface area contributed by atoms with Crippen LogP contribution in [0.25, 0.3) is 0 Å². The average molecular weight is 291 g/mol.